The molecule has 138 valence electrons. The zero-order valence-corrected chi connectivity index (χ0v) is 14.9. The first-order valence-electron chi connectivity index (χ1n) is 8.76. The van der Waals surface area contributed by atoms with E-state index >= 15 is 0 Å². The van der Waals surface area contributed by atoms with E-state index in [0.29, 0.717) is 26.2 Å². The molecular formula is C20H24N2O4. The number of benzene rings is 1. The molecule has 2 aromatic rings. The zero-order chi connectivity index (χ0) is 18.2. The number of amides is 1. The normalized spacial score (nSPS) is 19.7. The lowest BCUT2D eigenvalue weighted by molar-refractivity contribution is -0.125. The van der Waals surface area contributed by atoms with Crippen LogP contribution in [0.1, 0.15) is 17.7 Å². The lowest BCUT2D eigenvalue weighted by Gasteiger charge is -2.32. The van der Waals surface area contributed by atoms with Gasteiger partial charge in [0.15, 0.2) is 0 Å². The summed E-state index contributed by atoms with van der Waals surface area (Å²) in [5, 5.41) is 3.04. The first-order chi connectivity index (χ1) is 12.7. The molecule has 0 saturated carbocycles. The van der Waals surface area contributed by atoms with E-state index in [2.05, 4.69) is 10.3 Å². The Hall–Kier alpha value is -2.44. The van der Waals surface area contributed by atoms with Crippen LogP contribution in [0.2, 0.25) is 0 Å². The molecule has 6 heteroatoms. The first kappa shape index (κ1) is 18.4. The van der Waals surface area contributed by atoms with Gasteiger partial charge in [-0.3, -0.25) is 9.78 Å². The molecule has 0 bridgehead atoms. The number of nitrogens with zero attached hydrogens (tertiary/aromatic N) is 1. The van der Waals surface area contributed by atoms with Crippen LogP contribution < -0.4 is 10.1 Å². The Labute approximate surface area is 153 Å². The molecule has 1 amide bonds. The molecule has 3 rings (SSSR count). The maximum atomic E-state index is 12.4. The van der Waals surface area contributed by atoms with Crippen LogP contribution in [0, 0.1) is 0 Å². The van der Waals surface area contributed by atoms with Crippen molar-refractivity contribution in [2.45, 2.75) is 31.6 Å². The van der Waals surface area contributed by atoms with E-state index in [9.17, 15) is 4.79 Å². The quantitative estimate of drug-likeness (QED) is 0.823. The number of carbonyl (C=O) groups excluding carboxylic acids is 1. The Morgan fingerprint density at radius 1 is 1.27 bits per heavy atom. The predicted molar refractivity (Wildman–Crippen MR) is 96.9 cm³/mol. The zero-order valence-electron chi connectivity index (χ0n) is 14.9. The number of pyridine rings is 1. The van der Waals surface area contributed by atoms with Gasteiger partial charge in [-0.1, -0.05) is 18.2 Å². The summed E-state index contributed by atoms with van der Waals surface area (Å²) in [5.41, 5.74) is 1.81. The van der Waals surface area contributed by atoms with Crippen molar-refractivity contribution in [1.82, 2.24) is 10.3 Å². The summed E-state index contributed by atoms with van der Waals surface area (Å²) >= 11 is 0. The maximum absolute atomic E-state index is 12.4. The fourth-order valence-corrected chi connectivity index (χ4v) is 2.91. The minimum absolute atomic E-state index is 0.0443. The summed E-state index contributed by atoms with van der Waals surface area (Å²) in [5.74, 6) is 0.731. The van der Waals surface area contributed by atoms with Crippen LogP contribution in [0.25, 0.3) is 0 Å². The Morgan fingerprint density at radius 3 is 2.85 bits per heavy atom. The van der Waals surface area contributed by atoms with Gasteiger partial charge in [-0.25, -0.2) is 0 Å². The minimum atomic E-state index is -0.154. The van der Waals surface area contributed by atoms with Crippen LogP contribution in [0.4, 0.5) is 0 Å². The number of hydrogen-bond donors (Lipinski definition) is 1. The van der Waals surface area contributed by atoms with Gasteiger partial charge in [0.2, 0.25) is 5.91 Å². The topological polar surface area (TPSA) is 69.7 Å². The first-order valence-corrected chi connectivity index (χ1v) is 8.76. The Bertz CT molecular complexity index is 691. The van der Waals surface area contributed by atoms with Gasteiger partial charge in [0.05, 0.1) is 44.6 Å². The molecule has 2 heterocycles. The van der Waals surface area contributed by atoms with Crippen molar-refractivity contribution < 1.29 is 19.0 Å². The molecule has 2 atom stereocenters. The van der Waals surface area contributed by atoms with Gasteiger partial charge in [-0.15, -0.1) is 0 Å². The van der Waals surface area contributed by atoms with Crippen LogP contribution >= 0.6 is 0 Å². The molecule has 26 heavy (non-hydrogen) atoms. The standard InChI is InChI=1S/C20H24N2O4/c1-24-17-7-5-15(6-8-17)12-20(23)22-18-14-25-11-9-19(18)26-13-16-4-2-3-10-21-16/h2-8,10,18-19H,9,11-14H2,1H3,(H,22,23)/t18-,19-/m0/s1. The highest BCUT2D eigenvalue weighted by Crippen LogP contribution is 2.15. The maximum Gasteiger partial charge on any atom is 0.224 e. The number of nitrogens with one attached hydrogen (secondary N) is 1. The van der Waals surface area contributed by atoms with Crippen molar-refractivity contribution in [2.24, 2.45) is 0 Å². The van der Waals surface area contributed by atoms with E-state index in [0.717, 1.165) is 23.4 Å². The van der Waals surface area contributed by atoms with Crippen LogP contribution in [0.5, 0.6) is 5.75 Å². The molecular weight excluding hydrogens is 332 g/mol. The van der Waals surface area contributed by atoms with Gasteiger partial charge in [0.25, 0.3) is 0 Å². The SMILES string of the molecule is COc1ccc(CC(=O)N[C@H]2COCC[C@@H]2OCc2ccccn2)cc1. The van der Waals surface area contributed by atoms with Gasteiger partial charge < -0.3 is 19.5 Å². The number of rotatable bonds is 7. The molecule has 1 saturated heterocycles. The smallest absolute Gasteiger partial charge is 0.224 e. The van der Waals surface area contributed by atoms with E-state index < -0.39 is 0 Å². The minimum Gasteiger partial charge on any atom is -0.497 e. The van der Waals surface area contributed by atoms with E-state index in [1.54, 1.807) is 13.3 Å². The van der Waals surface area contributed by atoms with E-state index in [1.165, 1.54) is 0 Å². The van der Waals surface area contributed by atoms with Crippen molar-refractivity contribution in [3.8, 4) is 5.75 Å². The molecule has 1 aliphatic rings. The third kappa shape index (κ3) is 5.28. The molecule has 1 aromatic heterocycles. The van der Waals surface area contributed by atoms with Crippen molar-refractivity contribution in [2.75, 3.05) is 20.3 Å². The lowest BCUT2D eigenvalue weighted by Crippen LogP contribution is -2.50. The average molecular weight is 356 g/mol. The highest BCUT2D eigenvalue weighted by molar-refractivity contribution is 5.79. The summed E-state index contributed by atoms with van der Waals surface area (Å²) in [6.07, 6.45) is 2.73. The van der Waals surface area contributed by atoms with E-state index in [4.69, 9.17) is 14.2 Å². The second-order valence-corrected chi connectivity index (χ2v) is 6.23. The third-order valence-electron chi connectivity index (χ3n) is 4.33. The van der Waals surface area contributed by atoms with Crippen molar-refractivity contribution in [1.29, 1.82) is 0 Å². The summed E-state index contributed by atoms with van der Waals surface area (Å²) in [6.45, 7) is 1.52. The molecule has 1 aromatic carbocycles. The van der Waals surface area contributed by atoms with Crippen LogP contribution in [0.3, 0.4) is 0 Å². The van der Waals surface area contributed by atoms with Crippen LogP contribution in [-0.4, -0.2) is 43.4 Å². The lowest BCUT2D eigenvalue weighted by atomic mass is 10.1. The van der Waals surface area contributed by atoms with Crippen LogP contribution in [-0.2, 0) is 27.3 Å². The van der Waals surface area contributed by atoms with Gasteiger partial charge in [-0.05, 0) is 36.2 Å². The molecule has 0 radical (unpaired) electrons. The van der Waals surface area contributed by atoms with E-state index in [-0.39, 0.29) is 18.1 Å². The summed E-state index contributed by atoms with van der Waals surface area (Å²) < 4.78 is 16.6. The van der Waals surface area contributed by atoms with E-state index in [1.807, 2.05) is 42.5 Å². The van der Waals surface area contributed by atoms with Crippen molar-refractivity contribution in [3.63, 3.8) is 0 Å². The summed E-state index contributed by atoms with van der Waals surface area (Å²) in [7, 11) is 1.62. The Kier molecular flexibility index (Phi) is 6.57. The highest BCUT2D eigenvalue weighted by Gasteiger charge is 2.28. The number of ether oxygens (including phenoxy) is 3. The second kappa shape index (κ2) is 9.31. The molecule has 1 aliphatic heterocycles. The number of aromatic nitrogens is 1. The monoisotopic (exact) mass is 356 g/mol. The molecule has 0 unspecified atom stereocenters. The molecule has 0 aliphatic carbocycles. The summed E-state index contributed by atoms with van der Waals surface area (Å²) in [4.78, 5) is 16.7. The van der Waals surface area contributed by atoms with Gasteiger partial charge in [-0.2, -0.15) is 0 Å². The van der Waals surface area contributed by atoms with Crippen molar-refractivity contribution >= 4 is 5.91 Å². The number of hydrogen-bond acceptors (Lipinski definition) is 5. The molecule has 1 N–H and O–H groups in total. The van der Waals surface area contributed by atoms with Gasteiger partial charge in [0.1, 0.15) is 5.75 Å². The third-order valence-corrected chi connectivity index (χ3v) is 4.33. The van der Waals surface area contributed by atoms with Crippen LogP contribution in [0.15, 0.2) is 48.7 Å². The number of methoxy groups -OCH3 is 1. The Morgan fingerprint density at radius 2 is 2.12 bits per heavy atom. The average Bonchev–Trinajstić information content (AvgIpc) is 2.68. The molecule has 0 spiro atoms. The van der Waals surface area contributed by atoms with Crippen molar-refractivity contribution in [3.05, 3.63) is 59.9 Å². The highest BCUT2D eigenvalue weighted by atomic mass is 16.5. The Balaban J connectivity index is 1.52. The predicted octanol–water partition coefficient (Wildman–Crippen LogP) is 2.12. The second-order valence-electron chi connectivity index (χ2n) is 6.23. The van der Waals surface area contributed by atoms with Gasteiger partial charge >= 0.3 is 0 Å². The summed E-state index contributed by atoms with van der Waals surface area (Å²) in [6, 6.07) is 13.1. The fourth-order valence-electron chi connectivity index (χ4n) is 2.91. The van der Waals surface area contributed by atoms with Gasteiger partial charge in [0, 0.05) is 12.8 Å². The largest absolute Gasteiger partial charge is 0.497 e. The number of carbonyl (C=O) groups is 1. The molecule has 1 fully saturated rings. The fraction of sp³-hybridized carbons (Fsp3) is 0.400. The molecule has 6 nitrogen and oxygen atoms in total.